The van der Waals surface area contributed by atoms with Gasteiger partial charge < -0.3 is 14.8 Å². The van der Waals surface area contributed by atoms with Crippen molar-refractivity contribution in [3.63, 3.8) is 0 Å². The molecule has 2 heterocycles. The van der Waals surface area contributed by atoms with Crippen LogP contribution in [0, 0.1) is 11.3 Å². The van der Waals surface area contributed by atoms with Gasteiger partial charge in [0.1, 0.15) is 29.9 Å². The first kappa shape index (κ1) is 30.2. The molecule has 3 aromatic carbocycles. The standard InChI is InChI=1S/C32H29ClN8O3/c33-28-11-4-5-12-30(28)43-23-29(32-37-38-39-41(32)19-7-17-34)40(21-24-8-6-18-35-20-24)22-31(42)36-25-13-15-27(16-14-25)44-26-9-2-1-3-10-26/h1-6,8-16,18,20,29H,7,19,21-23H2,(H,36,42). The zero-order chi connectivity index (χ0) is 30.6. The summed E-state index contributed by atoms with van der Waals surface area (Å²) in [6.45, 7) is 0.674. The van der Waals surface area contributed by atoms with Crippen LogP contribution in [0.2, 0.25) is 5.02 Å². The number of ether oxygens (including phenoxy) is 2. The van der Waals surface area contributed by atoms with E-state index in [2.05, 4.69) is 31.9 Å². The van der Waals surface area contributed by atoms with Gasteiger partial charge in [0.15, 0.2) is 5.82 Å². The minimum absolute atomic E-state index is 0.0289. The van der Waals surface area contributed by atoms with Crippen LogP contribution in [0.15, 0.2) is 103 Å². The molecule has 0 bridgehead atoms. The highest BCUT2D eigenvalue weighted by molar-refractivity contribution is 6.32. The lowest BCUT2D eigenvalue weighted by atomic mass is 10.1. The van der Waals surface area contributed by atoms with Crippen molar-refractivity contribution in [2.45, 2.75) is 25.6 Å². The van der Waals surface area contributed by atoms with Crippen LogP contribution in [0.3, 0.4) is 0 Å². The number of benzene rings is 3. The maximum Gasteiger partial charge on any atom is 0.238 e. The summed E-state index contributed by atoms with van der Waals surface area (Å²) in [5, 5.41) is 24.8. The van der Waals surface area contributed by atoms with Crippen LogP contribution in [0.4, 0.5) is 5.69 Å². The number of pyridine rings is 1. The Balaban J connectivity index is 1.38. The highest BCUT2D eigenvalue weighted by atomic mass is 35.5. The van der Waals surface area contributed by atoms with Gasteiger partial charge in [-0.1, -0.05) is 48.0 Å². The number of nitriles is 1. The van der Waals surface area contributed by atoms with E-state index >= 15 is 0 Å². The first-order chi connectivity index (χ1) is 21.6. The number of tetrazole rings is 1. The Morgan fingerprint density at radius 1 is 1.00 bits per heavy atom. The number of hydrogen-bond donors (Lipinski definition) is 1. The van der Waals surface area contributed by atoms with Crippen molar-refractivity contribution in [3.8, 4) is 23.3 Å². The second-order valence-corrected chi connectivity index (χ2v) is 10.1. The van der Waals surface area contributed by atoms with Gasteiger partial charge in [-0.3, -0.25) is 14.7 Å². The highest BCUT2D eigenvalue weighted by Crippen LogP contribution is 2.28. The van der Waals surface area contributed by atoms with Crippen molar-refractivity contribution in [1.29, 1.82) is 5.26 Å². The topological polar surface area (TPSA) is 131 Å². The Hall–Kier alpha value is -5.31. The van der Waals surface area contributed by atoms with Gasteiger partial charge in [0.05, 0.1) is 30.6 Å². The summed E-state index contributed by atoms with van der Waals surface area (Å²) in [4.78, 5) is 19.6. The molecule has 5 rings (SSSR count). The van der Waals surface area contributed by atoms with Crippen molar-refractivity contribution in [2.75, 3.05) is 18.5 Å². The van der Waals surface area contributed by atoms with Crippen LogP contribution in [0.25, 0.3) is 0 Å². The molecule has 1 atom stereocenters. The molecule has 11 nitrogen and oxygen atoms in total. The Morgan fingerprint density at radius 2 is 1.77 bits per heavy atom. The fraction of sp³-hybridized carbons (Fsp3) is 0.188. The summed E-state index contributed by atoms with van der Waals surface area (Å²) in [5.74, 6) is 2.04. The predicted octanol–water partition coefficient (Wildman–Crippen LogP) is 5.69. The number of hydrogen-bond acceptors (Lipinski definition) is 9. The van der Waals surface area contributed by atoms with E-state index in [1.54, 1.807) is 53.5 Å². The second-order valence-electron chi connectivity index (χ2n) is 9.68. The van der Waals surface area contributed by atoms with Gasteiger partial charge in [0, 0.05) is 24.6 Å². The predicted molar refractivity (Wildman–Crippen MR) is 164 cm³/mol. The van der Waals surface area contributed by atoms with Crippen LogP contribution in [-0.4, -0.2) is 49.1 Å². The zero-order valence-corrected chi connectivity index (χ0v) is 24.4. The molecule has 5 aromatic rings. The number of nitrogens with one attached hydrogen (secondary N) is 1. The van der Waals surface area contributed by atoms with E-state index in [1.807, 2.05) is 59.5 Å². The monoisotopic (exact) mass is 608 g/mol. The molecule has 0 saturated heterocycles. The molecule has 1 amide bonds. The summed E-state index contributed by atoms with van der Waals surface area (Å²) in [5.41, 5.74) is 1.49. The molecule has 1 unspecified atom stereocenters. The summed E-state index contributed by atoms with van der Waals surface area (Å²) >= 11 is 6.37. The molecule has 0 radical (unpaired) electrons. The number of carbonyl (C=O) groups excluding carboxylic acids is 1. The van der Waals surface area contributed by atoms with Gasteiger partial charge in [0.25, 0.3) is 0 Å². The third kappa shape index (κ3) is 8.38. The van der Waals surface area contributed by atoms with Crippen LogP contribution in [-0.2, 0) is 17.9 Å². The van der Waals surface area contributed by atoms with E-state index in [4.69, 9.17) is 21.1 Å². The third-order valence-corrected chi connectivity index (χ3v) is 6.85. The second kappa shape index (κ2) is 15.2. The smallest absolute Gasteiger partial charge is 0.238 e. The normalized spacial score (nSPS) is 11.5. The summed E-state index contributed by atoms with van der Waals surface area (Å²) in [6, 6.07) is 29.0. The molecule has 44 heavy (non-hydrogen) atoms. The number of amides is 1. The van der Waals surface area contributed by atoms with Crippen LogP contribution >= 0.6 is 11.6 Å². The van der Waals surface area contributed by atoms with Crippen molar-refractivity contribution < 1.29 is 14.3 Å². The minimum Gasteiger partial charge on any atom is -0.490 e. The van der Waals surface area contributed by atoms with E-state index in [0.717, 1.165) is 11.3 Å². The van der Waals surface area contributed by atoms with E-state index in [-0.39, 0.29) is 32.0 Å². The Morgan fingerprint density at radius 3 is 2.52 bits per heavy atom. The SMILES string of the molecule is N#CCCn1nnnc1C(COc1ccccc1Cl)N(CC(=O)Nc1ccc(Oc2ccccc2)cc1)Cc1cccnc1. The molecule has 12 heteroatoms. The molecule has 0 spiro atoms. The molecule has 0 aliphatic carbocycles. The van der Waals surface area contributed by atoms with Crippen molar-refractivity contribution >= 4 is 23.2 Å². The number of para-hydroxylation sites is 2. The quantitative estimate of drug-likeness (QED) is 0.169. The van der Waals surface area contributed by atoms with Crippen molar-refractivity contribution in [3.05, 3.63) is 120 Å². The Labute approximate surface area is 259 Å². The molecule has 0 saturated carbocycles. The Kier molecular flexibility index (Phi) is 10.4. The number of carbonyl (C=O) groups is 1. The lowest BCUT2D eigenvalue weighted by Crippen LogP contribution is -2.39. The Bertz CT molecular complexity index is 1680. The molecule has 0 aliphatic rings. The van der Waals surface area contributed by atoms with Gasteiger partial charge >= 0.3 is 0 Å². The van der Waals surface area contributed by atoms with Gasteiger partial charge in [-0.25, -0.2) is 4.68 Å². The van der Waals surface area contributed by atoms with Crippen molar-refractivity contribution in [2.24, 2.45) is 0 Å². The maximum absolute atomic E-state index is 13.5. The lowest BCUT2D eigenvalue weighted by Gasteiger charge is -2.30. The van der Waals surface area contributed by atoms with Crippen molar-refractivity contribution in [1.82, 2.24) is 30.1 Å². The molecule has 222 valence electrons. The summed E-state index contributed by atoms with van der Waals surface area (Å²) in [6.07, 6.45) is 3.64. The minimum atomic E-state index is -0.590. The molecule has 1 N–H and O–H groups in total. The summed E-state index contributed by atoms with van der Waals surface area (Å²) < 4.78 is 13.6. The lowest BCUT2D eigenvalue weighted by molar-refractivity contribution is -0.118. The maximum atomic E-state index is 13.5. The van der Waals surface area contributed by atoms with Gasteiger partial charge in [-0.15, -0.1) is 5.10 Å². The fourth-order valence-corrected chi connectivity index (χ4v) is 4.65. The van der Waals surface area contributed by atoms with Gasteiger partial charge in [-0.05, 0) is 70.6 Å². The summed E-state index contributed by atoms with van der Waals surface area (Å²) in [7, 11) is 0. The molecule has 2 aromatic heterocycles. The zero-order valence-electron chi connectivity index (χ0n) is 23.7. The third-order valence-electron chi connectivity index (χ3n) is 6.54. The molecule has 0 aliphatic heterocycles. The largest absolute Gasteiger partial charge is 0.490 e. The average molecular weight is 609 g/mol. The van der Waals surface area contributed by atoms with Gasteiger partial charge in [-0.2, -0.15) is 5.26 Å². The van der Waals surface area contributed by atoms with E-state index in [0.29, 0.717) is 34.6 Å². The number of aromatic nitrogens is 5. The van der Waals surface area contributed by atoms with E-state index in [9.17, 15) is 10.1 Å². The molecular formula is C32H29ClN8O3. The number of anilines is 1. The van der Waals surface area contributed by atoms with Crippen LogP contribution in [0.1, 0.15) is 23.9 Å². The average Bonchev–Trinajstić information content (AvgIpc) is 3.51. The molecular weight excluding hydrogens is 580 g/mol. The number of rotatable bonds is 14. The van der Waals surface area contributed by atoms with E-state index < -0.39 is 6.04 Å². The highest BCUT2D eigenvalue weighted by Gasteiger charge is 2.29. The number of aryl methyl sites for hydroxylation is 1. The number of halogens is 1. The van der Waals surface area contributed by atoms with Crippen LogP contribution < -0.4 is 14.8 Å². The molecule has 0 fully saturated rings. The fourth-order valence-electron chi connectivity index (χ4n) is 4.46. The number of nitrogens with zero attached hydrogens (tertiary/aromatic N) is 7. The first-order valence-corrected chi connectivity index (χ1v) is 14.2. The van der Waals surface area contributed by atoms with Gasteiger partial charge in [0.2, 0.25) is 5.91 Å². The van der Waals surface area contributed by atoms with Crippen LogP contribution in [0.5, 0.6) is 17.2 Å². The first-order valence-electron chi connectivity index (χ1n) is 13.8. The van der Waals surface area contributed by atoms with E-state index in [1.165, 1.54) is 0 Å².